The van der Waals surface area contributed by atoms with E-state index in [4.69, 9.17) is 11.6 Å². The first-order valence-electron chi connectivity index (χ1n) is 5.77. The van der Waals surface area contributed by atoms with Gasteiger partial charge in [0.2, 0.25) is 5.91 Å². The van der Waals surface area contributed by atoms with Crippen molar-refractivity contribution in [2.45, 2.75) is 39.7 Å². The molecule has 3 heteroatoms. The fourth-order valence-electron chi connectivity index (χ4n) is 1.98. The van der Waals surface area contributed by atoms with E-state index in [0.29, 0.717) is 0 Å². The number of hydrogen-bond donors (Lipinski definition) is 1. The highest BCUT2D eigenvalue weighted by molar-refractivity contribution is 6.27. The van der Waals surface area contributed by atoms with Gasteiger partial charge in [0.1, 0.15) is 5.88 Å². The van der Waals surface area contributed by atoms with Crippen molar-refractivity contribution >= 4 is 17.5 Å². The summed E-state index contributed by atoms with van der Waals surface area (Å²) in [6, 6.07) is 6.38. The van der Waals surface area contributed by atoms with Crippen LogP contribution in [0, 0.1) is 13.8 Å². The SMILES string of the molecule is Cc1ccc(CC(C)(C)NC(=O)CCl)c(C)c1. The fraction of sp³-hybridized carbons (Fsp3) is 0.500. The van der Waals surface area contributed by atoms with E-state index in [1.54, 1.807) is 0 Å². The summed E-state index contributed by atoms with van der Waals surface area (Å²) in [6.45, 7) is 8.20. The molecule has 1 N–H and O–H groups in total. The second kappa shape index (κ2) is 5.54. The highest BCUT2D eigenvalue weighted by Gasteiger charge is 2.21. The molecule has 0 heterocycles. The average molecular weight is 254 g/mol. The molecule has 94 valence electrons. The van der Waals surface area contributed by atoms with Crippen LogP contribution < -0.4 is 5.32 Å². The third-order valence-electron chi connectivity index (χ3n) is 2.73. The Bertz CT molecular complexity index is 413. The number of amides is 1. The van der Waals surface area contributed by atoms with Crippen LogP contribution in [0.15, 0.2) is 18.2 Å². The van der Waals surface area contributed by atoms with Crippen LogP contribution >= 0.6 is 11.6 Å². The first kappa shape index (κ1) is 14.0. The summed E-state index contributed by atoms with van der Waals surface area (Å²) in [7, 11) is 0. The van der Waals surface area contributed by atoms with Gasteiger partial charge in [0.05, 0.1) is 0 Å². The molecule has 0 aliphatic rings. The molecule has 0 fully saturated rings. The Balaban J connectivity index is 2.79. The molecule has 0 saturated heterocycles. The van der Waals surface area contributed by atoms with Crippen molar-refractivity contribution in [3.05, 3.63) is 34.9 Å². The van der Waals surface area contributed by atoms with Crippen molar-refractivity contribution in [3.8, 4) is 0 Å². The van der Waals surface area contributed by atoms with Gasteiger partial charge in [0, 0.05) is 5.54 Å². The molecular formula is C14H20ClNO. The lowest BCUT2D eigenvalue weighted by atomic mass is 9.91. The Morgan fingerprint density at radius 3 is 2.53 bits per heavy atom. The fourth-order valence-corrected chi connectivity index (χ4v) is 2.04. The molecule has 2 nitrogen and oxygen atoms in total. The van der Waals surface area contributed by atoms with Crippen LogP contribution in [0.4, 0.5) is 0 Å². The molecule has 17 heavy (non-hydrogen) atoms. The summed E-state index contributed by atoms with van der Waals surface area (Å²) in [4.78, 5) is 11.3. The summed E-state index contributed by atoms with van der Waals surface area (Å²) in [5.74, 6) is -0.113. The Labute approximate surface area is 108 Å². The first-order valence-corrected chi connectivity index (χ1v) is 6.30. The van der Waals surface area contributed by atoms with E-state index < -0.39 is 0 Å². The number of carbonyl (C=O) groups is 1. The topological polar surface area (TPSA) is 29.1 Å². The average Bonchev–Trinajstić information content (AvgIpc) is 2.21. The second-order valence-electron chi connectivity index (χ2n) is 5.17. The van der Waals surface area contributed by atoms with E-state index in [1.165, 1.54) is 16.7 Å². The predicted molar refractivity (Wildman–Crippen MR) is 72.6 cm³/mol. The lowest BCUT2D eigenvalue weighted by Gasteiger charge is -2.27. The van der Waals surface area contributed by atoms with Gasteiger partial charge in [-0.05, 0) is 45.2 Å². The number of aryl methyl sites for hydroxylation is 2. The molecule has 1 aromatic rings. The van der Waals surface area contributed by atoms with Crippen molar-refractivity contribution < 1.29 is 4.79 Å². The third kappa shape index (κ3) is 4.39. The molecule has 0 aromatic heterocycles. The van der Waals surface area contributed by atoms with Gasteiger partial charge in [-0.1, -0.05) is 23.8 Å². The largest absolute Gasteiger partial charge is 0.350 e. The number of halogens is 1. The lowest BCUT2D eigenvalue weighted by molar-refractivity contribution is -0.120. The van der Waals surface area contributed by atoms with Gasteiger partial charge in [-0.25, -0.2) is 0 Å². The monoisotopic (exact) mass is 253 g/mol. The third-order valence-corrected chi connectivity index (χ3v) is 2.97. The molecule has 0 aliphatic heterocycles. The number of benzene rings is 1. The summed E-state index contributed by atoms with van der Waals surface area (Å²) < 4.78 is 0. The van der Waals surface area contributed by atoms with Crippen LogP contribution in [0.25, 0.3) is 0 Å². The van der Waals surface area contributed by atoms with E-state index in [1.807, 2.05) is 13.8 Å². The summed E-state index contributed by atoms with van der Waals surface area (Å²) in [6.07, 6.45) is 0.807. The van der Waals surface area contributed by atoms with E-state index in [9.17, 15) is 4.79 Å². The molecule has 0 aliphatic carbocycles. The van der Waals surface area contributed by atoms with Crippen molar-refractivity contribution in [1.29, 1.82) is 0 Å². The van der Waals surface area contributed by atoms with Crippen LogP contribution in [-0.2, 0) is 11.2 Å². The van der Waals surface area contributed by atoms with E-state index in [0.717, 1.165) is 6.42 Å². The Morgan fingerprint density at radius 2 is 2.00 bits per heavy atom. The number of rotatable bonds is 4. The van der Waals surface area contributed by atoms with E-state index in [2.05, 4.69) is 37.4 Å². The first-order chi connectivity index (χ1) is 7.84. The normalized spacial score (nSPS) is 11.4. The highest BCUT2D eigenvalue weighted by Crippen LogP contribution is 2.17. The second-order valence-corrected chi connectivity index (χ2v) is 5.44. The smallest absolute Gasteiger partial charge is 0.235 e. The van der Waals surface area contributed by atoms with Crippen LogP contribution in [0.5, 0.6) is 0 Å². The maximum atomic E-state index is 11.3. The molecule has 0 saturated carbocycles. The summed E-state index contributed by atoms with van der Waals surface area (Å²) in [5, 5.41) is 2.93. The summed E-state index contributed by atoms with van der Waals surface area (Å²) in [5.41, 5.74) is 3.51. The minimum Gasteiger partial charge on any atom is -0.350 e. The molecule has 0 bridgehead atoms. The number of hydrogen-bond acceptors (Lipinski definition) is 1. The minimum atomic E-state index is -0.272. The molecule has 1 amide bonds. The van der Waals surface area contributed by atoms with Gasteiger partial charge in [-0.15, -0.1) is 11.6 Å². The predicted octanol–water partition coefficient (Wildman–Crippen LogP) is 2.98. The zero-order chi connectivity index (χ0) is 13.1. The van der Waals surface area contributed by atoms with Crippen LogP contribution in [-0.4, -0.2) is 17.3 Å². The Kier molecular flexibility index (Phi) is 4.58. The van der Waals surface area contributed by atoms with Crippen LogP contribution in [0.1, 0.15) is 30.5 Å². The van der Waals surface area contributed by atoms with Crippen molar-refractivity contribution in [3.63, 3.8) is 0 Å². The van der Waals surface area contributed by atoms with Gasteiger partial charge >= 0.3 is 0 Å². The molecule has 1 aromatic carbocycles. The van der Waals surface area contributed by atoms with Gasteiger partial charge in [0.15, 0.2) is 0 Å². The standard InChI is InChI=1S/C14H20ClNO/c1-10-5-6-12(11(2)7-10)8-14(3,4)16-13(17)9-15/h5-7H,8-9H2,1-4H3,(H,16,17). The number of carbonyl (C=O) groups excluding carboxylic acids is 1. The van der Waals surface area contributed by atoms with E-state index in [-0.39, 0.29) is 17.3 Å². The van der Waals surface area contributed by atoms with Gasteiger partial charge in [-0.3, -0.25) is 4.79 Å². The van der Waals surface area contributed by atoms with Crippen molar-refractivity contribution in [1.82, 2.24) is 5.32 Å². The highest BCUT2D eigenvalue weighted by atomic mass is 35.5. The van der Waals surface area contributed by atoms with E-state index >= 15 is 0 Å². The van der Waals surface area contributed by atoms with Gasteiger partial charge in [0.25, 0.3) is 0 Å². The molecular weight excluding hydrogens is 234 g/mol. The maximum Gasteiger partial charge on any atom is 0.235 e. The van der Waals surface area contributed by atoms with Crippen LogP contribution in [0.2, 0.25) is 0 Å². The van der Waals surface area contributed by atoms with Gasteiger partial charge in [-0.2, -0.15) is 0 Å². The molecule has 0 atom stereocenters. The molecule has 0 unspecified atom stereocenters. The van der Waals surface area contributed by atoms with Crippen molar-refractivity contribution in [2.75, 3.05) is 5.88 Å². The molecule has 0 spiro atoms. The number of nitrogens with one attached hydrogen (secondary N) is 1. The number of alkyl halides is 1. The molecule has 1 rings (SSSR count). The van der Waals surface area contributed by atoms with Gasteiger partial charge < -0.3 is 5.32 Å². The Hall–Kier alpha value is -1.02. The quantitative estimate of drug-likeness (QED) is 0.822. The summed E-state index contributed by atoms with van der Waals surface area (Å²) >= 11 is 5.50. The lowest BCUT2D eigenvalue weighted by Crippen LogP contribution is -2.45. The molecule has 0 radical (unpaired) electrons. The Morgan fingerprint density at radius 1 is 1.35 bits per heavy atom. The van der Waals surface area contributed by atoms with Crippen molar-refractivity contribution in [2.24, 2.45) is 0 Å². The zero-order valence-corrected chi connectivity index (χ0v) is 11.7. The maximum absolute atomic E-state index is 11.3. The zero-order valence-electron chi connectivity index (χ0n) is 10.9. The minimum absolute atomic E-state index is 0.0102. The van der Waals surface area contributed by atoms with Crippen LogP contribution in [0.3, 0.4) is 0 Å².